The summed E-state index contributed by atoms with van der Waals surface area (Å²) in [5, 5.41) is 10.6. The van der Waals surface area contributed by atoms with E-state index in [2.05, 4.69) is 15.0 Å². The van der Waals surface area contributed by atoms with Crippen LogP contribution in [0.1, 0.15) is 12.8 Å². The van der Waals surface area contributed by atoms with Gasteiger partial charge in [-0.15, -0.1) is 0 Å². The average Bonchev–Trinajstić information content (AvgIpc) is 2.85. The number of amides is 3. The van der Waals surface area contributed by atoms with E-state index < -0.39 is 31.1 Å². The number of urea groups is 1. The second-order valence-corrected chi connectivity index (χ2v) is 5.02. The van der Waals surface area contributed by atoms with Crippen LogP contribution >= 0.6 is 0 Å². The molecule has 0 aromatic rings. The molecule has 0 saturated carbocycles. The summed E-state index contributed by atoms with van der Waals surface area (Å²) >= 11 is 0. The van der Waals surface area contributed by atoms with Gasteiger partial charge in [0.15, 0.2) is 0 Å². The van der Waals surface area contributed by atoms with Crippen LogP contribution in [0.3, 0.4) is 0 Å². The van der Waals surface area contributed by atoms with E-state index in [4.69, 9.17) is 5.11 Å². The molecule has 2 rings (SSSR count). The number of hydrogen-bond acceptors (Lipinski definition) is 5. The highest BCUT2D eigenvalue weighted by Crippen LogP contribution is 2.21. The molecule has 2 saturated heterocycles. The Kier molecular flexibility index (Phi) is 4.91. The number of carbonyl (C=O) groups is 3. The predicted molar refractivity (Wildman–Crippen MR) is 68.2 cm³/mol. The van der Waals surface area contributed by atoms with Crippen molar-refractivity contribution in [2.45, 2.75) is 18.9 Å². The van der Waals surface area contributed by atoms with Crippen LogP contribution < -0.4 is 5.32 Å². The van der Waals surface area contributed by atoms with Crippen molar-refractivity contribution in [3.8, 4) is 0 Å². The van der Waals surface area contributed by atoms with Gasteiger partial charge in [-0.05, 0) is 19.4 Å². The number of carboxylic acids is 1. The fourth-order valence-electron chi connectivity index (χ4n) is 2.64. The second kappa shape index (κ2) is 6.67. The zero-order valence-electron chi connectivity index (χ0n) is 11.2. The van der Waals surface area contributed by atoms with Crippen molar-refractivity contribution in [1.82, 2.24) is 15.1 Å². The van der Waals surface area contributed by atoms with Gasteiger partial charge in [-0.1, -0.05) is 0 Å². The third-order valence-electron chi connectivity index (χ3n) is 3.58. The minimum absolute atomic E-state index is 0.396. The van der Waals surface area contributed by atoms with Crippen LogP contribution in [0.5, 0.6) is 0 Å². The van der Waals surface area contributed by atoms with Gasteiger partial charge in [0.1, 0.15) is 13.2 Å². The first-order valence-electron chi connectivity index (χ1n) is 6.68. The molecule has 1 atom stereocenters. The van der Waals surface area contributed by atoms with Gasteiger partial charge in [-0.3, -0.25) is 15.0 Å². The quantitative estimate of drug-likeness (QED) is 0.695. The maximum Gasteiger partial charge on any atom is 0.329 e. The van der Waals surface area contributed by atoms with Crippen LogP contribution in [0, 0.1) is 0 Å². The highest BCUT2D eigenvalue weighted by Gasteiger charge is 2.32. The molecule has 0 radical (unpaired) electrons. The van der Waals surface area contributed by atoms with E-state index in [1.807, 2.05) is 0 Å². The Balaban J connectivity index is 1.71. The van der Waals surface area contributed by atoms with Gasteiger partial charge >= 0.3 is 12.0 Å². The summed E-state index contributed by atoms with van der Waals surface area (Å²) in [5.74, 6) is -1.77. The number of fused-ring (bicyclic) bond motifs is 1. The first kappa shape index (κ1) is 14.7. The lowest BCUT2D eigenvalue weighted by atomic mass is 10.2. The Hall–Kier alpha value is -1.67. The van der Waals surface area contributed by atoms with Crippen molar-refractivity contribution in [1.29, 1.82) is 0 Å². The van der Waals surface area contributed by atoms with Crippen molar-refractivity contribution >= 4 is 17.9 Å². The number of rotatable bonds is 4. The molecule has 0 spiro atoms. The number of carboxylic acid groups (broad SMARTS) is 1. The van der Waals surface area contributed by atoms with Crippen LogP contribution in [-0.2, 0) is 14.3 Å². The Labute approximate surface area is 116 Å². The fraction of sp³-hybridized carbons (Fsp3) is 0.750. The molecule has 2 aliphatic rings. The molecule has 112 valence electrons. The fourth-order valence-corrected chi connectivity index (χ4v) is 2.64. The lowest BCUT2D eigenvalue weighted by Gasteiger charge is -2.37. The molecule has 8 heteroatoms. The minimum Gasteiger partial charge on any atom is -0.480 e. The van der Waals surface area contributed by atoms with E-state index in [1.165, 1.54) is 0 Å². The summed E-state index contributed by atoms with van der Waals surface area (Å²) in [7, 11) is 0. The van der Waals surface area contributed by atoms with Gasteiger partial charge in [0, 0.05) is 25.7 Å². The van der Waals surface area contributed by atoms with E-state index in [1.54, 1.807) is 4.90 Å². The minimum atomic E-state index is -1.15. The summed E-state index contributed by atoms with van der Waals surface area (Å²) in [6.45, 7) is 2.17. The molecular formula is C12H19N3O5. The Bertz CT molecular complexity index is 401. The summed E-state index contributed by atoms with van der Waals surface area (Å²) in [6.07, 6.45) is 2.24. The molecule has 2 fully saturated rings. The molecule has 0 aliphatic carbocycles. The van der Waals surface area contributed by atoms with Gasteiger partial charge in [0.2, 0.25) is 0 Å². The molecule has 20 heavy (non-hydrogen) atoms. The number of ether oxygens (including phenoxy) is 1. The average molecular weight is 285 g/mol. The highest BCUT2D eigenvalue weighted by atomic mass is 16.5. The summed E-state index contributed by atoms with van der Waals surface area (Å²) < 4.78 is 4.62. The maximum atomic E-state index is 11.9. The van der Waals surface area contributed by atoms with Gasteiger partial charge in [-0.2, -0.15) is 0 Å². The van der Waals surface area contributed by atoms with Gasteiger partial charge in [-0.25, -0.2) is 9.59 Å². The van der Waals surface area contributed by atoms with E-state index in [9.17, 15) is 14.4 Å². The molecular weight excluding hydrogens is 266 g/mol. The largest absolute Gasteiger partial charge is 0.480 e. The summed E-state index contributed by atoms with van der Waals surface area (Å²) in [4.78, 5) is 37.5. The zero-order chi connectivity index (χ0) is 14.5. The summed E-state index contributed by atoms with van der Waals surface area (Å²) in [5.41, 5.74) is 0. The zero-order valence-corrected chi connectivity index (χ0v) is 11.2. The Morgan fingerprint density at radius 3 is 2.75 bits per heavy atom. The normalized spacial score (nSPS) is 22.4. The van der Waals surface area contributed by atoms with Crippen molar-refractivity contribution in [3.63, 3.8) is 0 Å². The number of hydrogen-bond donors (Lipinski definition) is 2. The number of piperazine rings is 1. The smallest absolute Gasteiger partial charge is 0.329 e. The monoisotopic (exact) mass is 285 g/mol. The van der Waals surface area contributed by atoms with Crippen LogP contribution in [0.4, 0.5) is 4.79 Å². The second-order valence-electron chi connectivity index (χ2n) is 5.02. The number of imide groups is 1. The van der Waals surface area contributed by atoms with E-state index >= 15 is 0 Å². The topological polar surface area (TPSA) is 99.2 Å². The highest BCUT2D eigenvalue weighted by molar-refractivity contribution is 5.95. The lowest BCUT2D eigenvalue weighted by Crippen LogP contribution is -2.55. The van der Waals surface area contributed by atoms with Gasteiger partial charge < -0.3 is 14.7 Å². The third kappa shape index (κ3) is 3.91. The Morgan fingerprint density at radius 1 is 1.20 bits per heavy atom. The first-order chi connectivity index (χ1) is 9.56. The van der Waals surface area contributed by atoms with Gasteiger partial charge in [0.05, 0.1) is 0 Å². The first-order valence-corrected chi connectivity index (χ1v) is 6.68. The lowest BCUT2D eigenvalue weighted by molar-refractivity contribution is -0.143. The molecule has 1 unspecified atom stereocenters. The molecule has 2 N–H and O–H groups in total. The molecule has 0 aromatic carbocycles. The molecule has 2 aliphatic heterocycles. The van der Waals surface area contributed by atoms with Crippen LogP contribution in [0.25, 0.3) is 0 Å². The van der Waals surface area contributed by atoms with E-state index in [0.29, 0.717) is 19.1 Å². The van der Waals surface area contributed by atoms with Crippen molar-refractivity contribution < 1.29 is 24.2 Å². The Morgan fingerprint density at radius 2 is 2.00 bits per heavy atom. The molecule has 2 heterocycles. The van der Waals surface area contributed by atoms with Crippen molar-refractivity contribution in [3.05, 3.63) is 0 Å². The SMILES string of the molecule is O=C(O)COCC(=O)NC(=O)N1CCN2CCCC2C1. The molecule has 0 aromatic heterocycles. The van der Waals surface area contributed by atoms with Crippen molar-refractivity contribution in [2.24, 2.45) is 0 Å². The molecule has 3 amide bonds. The number of carbonyl (C=O) groups excluding carboxylic acids is 2. The van der Waals surface area contributed by atoms with E-state index in [-0.39, 0.29) is 0 Å². The van der Waals surface area contributed by atoms with Gasteiger partial charge in [0.25, 0.3) is 5.91 Å². The third-order valence-corrected chi connectivity index (χ3v) is 3.58. The van der Waals surface area contributed by atoms with Crippen molar-refractivity contribution in [2.75, 3.05) is 39.4 Å². The maximum absolute atomic E-state index is 11.9. The van der Waals surface area contributed by atoms with E-state index in [0.717, 1.165) is 25.9 Å². The number of nitrogens with zero attached hydrogens (tertiary/aromatic N) is 2. The molecule has 8 nitrogen and oxygen atoms in total. The van der Waals surface area contributed by atoms with Crippen LogP contribution in [-0.4, -0.2) is 78.2 Å². The standard InChI is InChI=1S/C12H19N3O5/c16-10(7-20-8-11(17)18)13-12(19)15-5-4-14-3-1-2-9(14)6-15/h9H,1-8H2,(H,17,18)(H,13,16,19). The van der Waals surface area contributed by atoms with Crippen LogP contribution in [0.15, 0.2) is 0 Å². The van der Waals surface area contributed by atoms with Crippen LogP contribution in [0.2, 0.25) is 0 Å². The predicted octanol–water partition coefficient (Wildman–Crippen LogP) is -0.896. The number of nitrogens with one attached hydrogen (secondary N) is 1. The molecule has 0 bridgehead atoms. The summed E-state index contributed by atoms with van der Waals surface area (Å²) in [6, 6.07) is -0.0339. The number of aliphatic carboxylic acids is 1.